The van der Waals surface area contributed by atoms with E-state index >= 15 is 0 Å². The van der Waals surface area contributed by atoms with Crippen LogP contribution in [0.2, 0.25) is 0 Å². The van der Waals surface area contributed by atoms with Crippen molar-refractivity contribution < 1.29 is 0 Å². The molecule has 0 heterocycles. The van der Waals surface area contributed by atoms with Gasteiger partial charge in [-0.25, -0.2) is 0 Å². The highest BCUT2D eigenvalue weighted by molar-refractivity contribution is 7.67. The van der Waals surface area contributed by atoms with Crippen LogP contribution in [0, 0.1) is 5.41 Å². The molecule has 2 aliphatic rings. The Morgan fingerprint density at radius 1 is 0.667 bits per heavy atom. The van der Waals surface area contributed by atoms with Crippen molar-refractivity contribution in [2.24, 2.45) is 0 Å². The highest BCUT2D eigenvalue weighted by Crippen LogP contribution is 2.55. The van der Waals surface area contributed by atoms with Crippen LogP contribution in [-0.4, -0.2) is 17.0 Å². The number of hydrogen-bond acceptors (Lipinski definition) is 1. The number of hydrogen-bond donors (Lipinski definition) is 1. The molecule has 1 nitrogen and oxygen atoms in total. The fraction of sp³-hybridized carbons (Fsp3) is 0.480. The molecule has 4 rings (SSSR count). The van der Waals surface area contributed by atoms with Gasteiger partial charge in [-0.15, -0.1) is 0 Å². The van der Waals surface area contributed by atoms with Crippen LogP contribution in [0.1, 0.15) is 75.3 Å². The Hall–Kier alpha value is -1.46. The van der Waals surface area contributed by atoms with Crippen LogP contribution in [-0.2, 0) is 0 Å². The van der Waals surface area contributed by atoms with E-state index in [0.29, 0.717) is 5.71 Å². The summed E-state index contributed by atoms with van der Waals surface area (Å²) in [6.07, 6.45) is 14.1. The summed E-state index contributed by atoms with van der Waals surface area (Å²) in [5, 5.41) is 10.5. The SMILES string of the molecule is N=C(c1ccccc1)c1ccccc1P(C1CCCCC1)C1CCCCC1. The second kappa shape index (κ2) is 9.16. The van der Waals surface area contributed by atoms with E-state index in [1.165, 1.54) is 75.1 Å². The minimum absolute atomic E-state index is 0.177. The maximum absolute atomic E-state index is 8.94. The summed E-state index contributed by atoms with van der Waals surface area (Å²) in [5.74, 6) is 0. The van der Waals surface area contributed by atoms with Gasteiger partial charge < -0.3 is 0 Å². The Labute approximate surface area is 165 Å². The molecule has 2 aromatic rings. The van der Waals surface area contributed by atoms with Crippen molar-refractivity contribution >= 4 is 18.9 Å². The molecule has 2 heteroatoms. The first-order valence-corrected chi connectivity index (χ1v) is 12.3. The maximum atomic E-state index is 8.94. The van der Waals surface area contributed by atoms with Gasteiger partial charge in [-0.1, -0.05) is 101 Å². The standard InChI is InChI=1S/C25H32NP/c26-25(20-12-4-1-5-13-20)23-18-10-11-19-24(23)27(21-14-6-2-7-15-21)22-16-8-3-9-17-22/h1,4-5,10-13,18-19,21-22,26H,2-3,6-9,14-17H2. The van der Waals surface area contributed by atoms with Crippen molar-refractivity contribution in [3.8, 4) is 0 Å². The molecule has 0 spiro atoms. The molecular formula is C25H32NP. The van der Waals surface area contributed by atoms with Crippen molar-refractivity contribution in [3.05, 3.63) is 65.7 Å². The van der Waals surface area contributed by atoms with E-state index in [1.54, 1.807) is 0 Å². The lowest BCUT2D eigenvalue weighted by Crippen LogP contribution is -2.29. The van der Waals surface area contributed by atoms with Gasteiger partial charge in [-0.2, -0.15) is 0 Å². The third-order valence-corrected chi connectivity index (χ3v) is 10.0. The summed E-state index contributed by atoms with van der Waals surface area (Å²) in [4.78, 5) is 0. The third-order valence-electron chi connectivity index (χ3n) is 6.45. The summed E-state index contributed by atoms with van der Waals surface area (Å²) < 4.78 is 0. The molecule has 0 aromatic heterocycles. The van der Waals surface area contributed by atoms with Crippen LogP contribution < -0.4 is 5.30 Å². The van der Waals surface area contributed by atoms with Crippen molar-refractivity contribution in [2.45, 2.75) is 75.5 Å². The van der Waals surface area contributed by atoms with E-state index in [2.05, 4.69) is 48.5 Å². The Balaban J connectivity index is 1.72. The predicted octanol–water partition coefficient (Wildman–Crippen LogP) is 6.88. The van der Waals surface area contributed by atoms with E-state index in [-0.39, 0.29) is 7.92 Å². The molecule has 0 amide bonds. The molecule has 0 aliphatic heterocycles. The van der Waals surface area contributed by atoms with Gasteiger partial charge in [0.25, 0.3) is 0 Å². The first-order valence-electron chi connectivity index (χ1n) is 10.9. The van der Waals surface area contributed by atoms with Gasteiger partial charge in [0, 0.05) is 11.1 Å². The lowest BCUT2D eigenvalue weighted by molar-refractivity contribution is 0.487. The van der Waals surface area contributed by atoms with Crippen molar-refractivity contribution in [1.82, 2.24) is 0 Å². The fourth-order valence-electron chi connectivity index (χ4n) is 5.08. The molecular weight excluding hydrogens is 345 g/mol. The van der Waals surface area contributed by atoms with E-state index < -0.39 is 0 Å². The molecule has 2 fully saturated rings. The number of rotatable bonds is 5. The van der Waals surface area contributed by atoms with Gasteiger partial charge in [0.2, 0.25) is 0 Å². The molecule has 2 aliphatic carbocycles. The normalized spacial score (nSPS) is 19.3. The molecule has 27 heavy (non-hydrogen) atoms. The van der Waals surface area contributed by atoms with Crippen LogP contribution in [0.25, 0.3) is 0 Å². The second-order valence-corrected chi connectivity index (χ2v) is 11.0. The third kappa shape index (κ3) is 4.35. The minimum atomic E-state index is -0.177. The smallest absolute Gasteiger partial charge is 0.0690 e. The first kappa shape index (κ1) is 18.9. The van der Waals surface area contributed by atoms with Gasteiger partial charge in [-0.3, -0.25) is 5.41 Å². The first-order chi connectivity index (χ1) is 13.3. The molecule has 0 atom stereocenters. The van der Waals surface area contributed by atoms with Crippen molar-refractivity contribution in [1.29, 1.82) is 5.41 Å². The zero-order valence-corrected chi connectivity index (χ0v) is 17.3. The second-order valence-electron chi connectivity index (χ2n) is 8.25. The molecule has 2 saturated carbocycles. The van der Waals surface area contributed by atoms with Gasteiger partial charge >= 0.3 is 0 Å². The van der Waals surface area contributed by atoms with E-state index in [9.17, 15) is 0 Å². The largest absolute Gasteiger partial charge is 0.300 e. The van der Waals surface area contributed by atoms with Crippen LogP contribution >= 0.6 is 7.92 Å². The fourth-order valence-corrected chi connectivity index (χ4v) is 9.03. The van der Waals surface area contributed by atoms with E-state index in [1.807, 2.05) is 6.07 Å². The van der Waals surface area contributed by atoms with E-state index in [4.69, 9.17) is 5.41 Å². The molecule has 142 valence electrons. The van der Waals surface area contributed by atoms with Gasteiger partial charge in [0.1, 0.15) is 0 Å². The Bertz CT molecular complexity index is 724. The van der Waals surface area contributed by atoms with Crippen LogP contribution in [0.3, 0.4) is 0 Å². The van der Waals surface area contributed by atoms with Crippen LogP contribution in [0.4, 0.5) is 0 Å². The molecule has 0 saturated heterocycles. The topological polar surface area (TPSA) is 23.9 Å². The highest BCUT2D eigenvalue weighted by Gasteiger charge is 2.33. The Morgan fingerprint density at radius 2 is 1.19 bits per heavy atom. The van der Waals surface area contributed by atoms with Gasteiger partial charge in [-0.05, 0) is 42.3 Å². The Kier molecular flexibility index (Phi) is 6.40. The summed E-state index contributed by atoms with van der Waals surface area (Å²) in [7, 11) is -0.177. The summed E-state index contributed by atoms with van der Waals surface area (Å²) in [6.45, 7) is 0. The highest BCUT2D eigenvalue weighted by atomic mass is 31.1. The maximum Gasteiger partial charge on any atom is 0.0690 e. The van der Waals surface area contributed by atoms with Crippen LogP contribution in [0.15, 0.2) is 54.6 Å². The molecule has 0 radical (unpaired) electrons. The average Bonchev–Trinajstić information content (AvgIpc) is 2.76. The summed E-state index contributed by atoms with van der Waals surface area (Å²) in [6, 6.07) is 19.3. The zero-order chi connectivity index (χ0) is 18.5. The minimum Gasteiger partial charge on any atom is -0.300 e. The monoisotopic (exact) mass is 377 g/mol. The van der Waals surface area contributed by atoms with Crippen LogP contribution in [0.5, 0.6) is 0 Å². The average molecular weight is 378 g/mol. The lowest BCUT2D eigenvalue weighted by Gasteiger charge is -2.39. The number of benzene rings is 2. The molecule has 0 unspecified atom stereocenters. The van der Waals surface area contributed by atoms with Crippen molar-refractivity contribution in [3.63, 3.8) is 0 Å². The number of nitrogens with one attached hydrogen (secondary N) is 1. The lowest BCUT2D eigenvalue weighted by atomic mass is 9.99. The summed E-state index contributed by atoms with van der Waals surface area (Å²) >= 11 is 0. The van der Waals surface area contributed by atoms with E-state index in [0.717, 1.165) is 16.9 Å². The molecule has 2 aromatic carbocycles. The zero-order valence-electron chi connectivity index (χ0n) is 16.4. The molecule has 0 bridgehead atoms. The Morgan fingerprint density at radius 3 is 1.78 bits per heavy atom. The predicted molar refractivity (Wildman–Crippen MR) is 119 cm³/mol. The molecule has 1 N–H and O–H groups in total. The van der Waals surface area contributed by atoms with Crippen molar-refractivity contribution in [2.75, 3.05) is 0 Å². The van der Waals surface area contributed by atoms with Gasteiger partial charge in [0.05, 0.1) is 5.71 Å². The summed E-state index contributed by atoms with van der Waals surface area (Å²) in [5.41, 5.74) is 4.71. The van der Waals surface area contributed by atoms with Gasteiger partial charge in [0.15, 0.2) is 0 Å². The quantitative estimate of drug-likeness (QED) is 0.434.